The highest BCUT2D eigenvalue weighted by Gasteiger charge is 2.29. The van der Waals surface area contributed by atoms with Gasteiger partial charge in [-0.25, -0.2) is 9.37 Å². The van der Waals surface area contributed by atoms with Gasteiger partial charge < -0.3 is 15.4 Å². The van der Waals surface area contributed by atoms with Crippen LogP contribution in [-0.4, -0.2) is 41.3 Å². The second-order valence-electron chi connectivity index (χ2n) is 5.25. The fourth-order valence-corrected chi connectivity index (χ4v) is 2.56. The highest BCUT2D eigenvalue weighted by atomic mass is 19.1. The molecule has 0 spiro atoms. The van der Waals surface area contributed by atoms with Crippen molar-refractivity contribution in [3.63, 3.8) is 0 Å². The van der Waals surface area contributed by atoms with Crippen LogP contribution in [0.2, 0.25) is 0 Å². The van der Waals surface area contributed by atoms with Crippen molar-refractivity contribution in [2.75, 3.05) is 30.9 Å². The Hall–Kier alpha value is -2.28. The van der Waals surface area contributed by atoms with E-state index >= 15 is 0 Å². The van der Waals surface area contributed by atoms with Gasteiger partial charge in [-0.05, 0) is 24.1 Å². The summed E-state index contributed by atoms with van der Waals surface area (Å²) in [6.07, 6.45) is 5.63. The van der Waals surface area contributed by atoms with Crippen molar-refractivity contribution in [2.45, 2.75) is 12.5 Å². The van der Waals surface area contributed by atoms with E-state index in [1.165, 1.54) is 5.56 Å². The van der Waals surface area contributed by atoms with Crippen molar-refractivity contribution in [1.29, 1.82) is 0 Å². The van der Waals surface area contributed by atoms with Crippen LogP contribution in [0.1, 0.15) is 5.56 Å². The Labute approximate surface area is 128 Å². The van der Waals surface area contributed by atoms with E-state index in [0.29, 0.717) is 25.1 Å². The molecule has 3 rings (SSSR count). The van der Waals surface area contributed by atoms with E-state index in [1.807, 2.05) is 12.1 Å². The summed E-state index contributed by atoms with van der Waals surface area (Å²) in [4.78, 5) is 12.1. The van der Waals surface area contributed by atoms with Crippen LogP contribution in [0.15, 0.2) is 30.7 Å². The molecular weight excluding hydrogens is 285 g/mol. The molecule has 0 saturated carbocycles. The molecule has 0 aromatic carbocycles. The zero-order chi connectivity index (χ0) is 15.4. The molecule has 0 radical (unpaired) electrons. The van der Waals surface area contributed by atoms with Gasteiger partial charge in [0.05, 0.1) is 25.5 Å². The van der Waals surface area contributed by atoms with Crippen LogP contribution in [0.25, 0.3) is 0 Å². The van der Waals surface area contributed by atoms with Crippen molar-refractivity contribution in [3.8, 4) is 0 Å². The van der Waals surface area contributed by atoms with Gasteiger partial charge in [-0.1, -0.05) is 0 Å². The fourth-order valence-electron chi connectivity index (χ4n) is 2.56. The third-order valence-corrected chi connectivity index (χ3v) is 3.74. The standard InChI is InChI=1S/C15H18FN5O/c1-17-14-12(16)7-19-15(21-14)20-13-9-22-8-11(13)6-10-2-4-18-5-3-10/h2-5,7,11,13H,6,8-9H2,1H3,(H2,17,19,20,21)/t11-,13-/m1/s1. The first-order valence-corrected chi connectivity index (χ1v) is 7.19. The molecule has 7 heteroatoms. The van der Waals surface area contributed by atoms with Crippen LogP contribution in [0.5, 0.6) is 0 Å². The maximum atomic E-state index is 13.4. The average Bonchev–Trinajstić information content (AvgIpc) is 2.97. The number of nitrogens with zero attached hydrogens (tertiary/aromatic N) is 3. The summed E-state index contributed by atoms with van der Waals surface area (Å²) < 4.78 is 19.0. The van der Waals surface area contributed by atoms with Crippen molar-refractivity contribution in [3.05, 3.63) is 42.1 Å². The predicted molar refractivity (Wildman–Crippen MR) is 81.2 cm³/mol. The minimum atomic E-state index is -0.468. The molecule has 2 aromatic rings. The van der Waals surface area contributed by atoms with Gasteiger partial charge in [0, 0.05) is 25.4 Å². The summed E-state index contributed by atoms with van der Waals surface area (Å²) >= 11 is 0. The predicted octanol–water partition coefficient (Wildman–Crippen LogP) is 1.72. The number of hydrogen-bond acceptors (Lipinski definition) is 6. The molecule has 1 saturated heterocycles. The zero-order valence-corrected chi connectivity index (χ0v) is 12.3. The van der Waals surface area contributed by atoms with Gasteiger partial charge in [0.1, 0.15) is 0 Å². The Morgan fingerprint density at radius 2 is 2.14 bits per heavy atom. The average molecular weight is 303 g/mol. The number of anilines is 2. The van der Waals surface area contributed by atoms with Crippen LogP contribution in [-0.2, 0) is 11.2 Å². The summed E-state index contributed by atoms with van der Waals surface area (Å²) in [5.74, 6) is 0.432. The molecule has 1 aliphatic rings. The molecule has 116 valence electrons. The van der Waals surface area contributed by atoms with E-state index in [2.05, 4.69) is 25.6 Å². The highest BCUT2D eigenvalue weighted by molar-refractivity contribution is 5.41. The first-order valence-electron chi connectivity index (χ1n) is 7.19. The third-order valence-electron chi connectivity index (χ3n) is 3.74. The normalized spacial score (nSPS) is 20.8. The number of halogens is 1. The van der Waals surface area contributed by atoms with E-state index in [0.717, 1.165) is 12.6 Å². The Morgan fingerprint density at radius 3 is 2.91 bits per heavy atom. The summed E-state index contributed by atoms with van der Waals surface area (Å²) in [6.45, 7) is 1.27. The lowest BCUT2D eigenvalue weighted by Gasteiger charge is -2.19. The minimum Gasteiger partial charge on any atom is -0.379 e. The Morgan fingerprint density at radius 1 is 1.32 bits per heavy atom. The van der Waals surface area contributed by atoms with Gasteiger partial charge in [0.15, 0.2) is 11.6 Å². The Bertz CT molecular complexity index is 625. The summed E-state index contributed by atoms with van der Waals surface area (Å²) in [5, 5.41) is 5.95. The first-order chi connectivity index (χ1) is 10.8. The van der Waals surface area contributed by atoms with Gasteiger partial charge in [-0.3, -0.25) is 4.98 Å². The van der Waals surface area contributed by atoms with Crippen LogP contribution in [0.4, 0.5) is 16.2 Å². The van der Waals surface area contributed by atoms with E-state index in [1.54, 1.807) is 19.4 Å². The Kier molecular flexibility index (Phi) is 4.43. The maximum Gasteiger partial charge on any atom is 0.225 e. The van der Waals surface area contributed by atoms with Crippen molar-refractivity contribution in [1.82, 2.24) is 15.0 Å². The second kappa shape index (κ2) is 6.65. The number of rotatable bonds is 5. The van der Waals surface area contributed by atoms with E-state index in [9.17, 15) is 4.39 Å². The Balaban J connectivity index is 1.68. The summed E-state index contributed by atoms with van der Waals surface area (Å²) in [5.41, 5.74) is 1.22. The number of pyridine rings is 1. The minimum absolute atomic E-state index is 0.100. The first kappa shape index (κ1) is 14.6. The molecule has 0 aliphatic carbocycles. The quantitative estimate of drug-likeness (QED) is 0.876. The SMILES string of the molecule is CNc1nc(N[C@@H]2COC[C@H]2Cc2ccncc2)ncc1F. The third kappa shape index (κ3) is 3.30. The smallest absolute Gasteiger partial charge is 0.225 e. The molecule has 0 unspecified atom stereocenters. The van der Waals surface area contributed by atoms with Crippen molar-refractivity contribution < 1.29 is 9.13 Å². The molecule has 1 fully saturated rings. The van der Waals surface area contributed by atoms with Gasteiger partial charge in [0.25, 0.3) is 0 Å². The second-order valence-corrected chi connectivity index (χ2v) is 5.25. The maximum absolute atomic E-state index is 13.4. The molecule has 1 aliphatic heterocycles. The lowest BCUT2D eigenvalue weighted by atomic mass is 9.95. The number of hydrogen-bond donors (Lipinski definition) is 2. The number of aromatic nitrogens is 3. The van der Waals surface area contributed by atoms with E-state index in [-0.39, 0.29) is 11.9 Å². The van der Waals surface area contributed by atoms with Gasteiger partial charge in [-0.15, -0.1) is 0 Å². The lowest BCUT2D eigenvalue weighted by molar-refractivity contribution is 0.185. The van der Waals surface area contributed by atoms with Crippen molar-refractivity contribution >= 4 is 11.8 Å². The molecule has 2 atom stereocenters. The number of ether oxygens (including phenoxy) is 1. The zero-order valence-electron chi connectivity index (χ0n) is 12.3. The van der Waals surface area contributed by atoms with Gasteiger partial charge in [-0.2, -0.15) is 4.98 Å². The molecule has 2 N–H and O–H groups in total. The van der Waals surface area contributed by atoms with E-state index < -0.39 is 5.82 Å². The highest BCUT2D eigenvalue weighted by Crippen LogP contribution is 2.22. The van der Waals surface area contributed by atoms with Crippen LogP contribution in [0, 0.1) is 11.7 Å². The lowest BCUT2D eigenvalue weighted by Crippen LogP contribution is -2.30. The largest absolute Gasteiger partial charge is 0.379 e. The molecule has 0 bridgehead atoms. The number of nitrogens with one attached hydrogen (secondary N) is 2. The van der Waals surface area contributed by atoms with E-state index in [4.69, 9.17) is 4.74 Å². The molecular formula is C15H18FN5O. The van der Waals surface area contributed by atoms with Crippen molar-refractivity contribution in [2.24, 2.45) is 5.92 Å². The topological polar surface area (TPSA) is 72.0 Å². The monoisotopic (exact) mass is 303 g/mol. The van der Waals surface area contributed by atoms with Crippen LogP contribution < -0.4 is 10.6 Å². The summed E-state index contributed by atoms with van der Waals surface area (Å²) in [7, 11) is 1.63. The van der Waals surface area contributed by atoms with Crippen LogP contribution >= 0.6 is 0 Å². The molecule has 6 nitrogen and oxygen atoms in total. The fraction of sp³-hybridized carbons (Fsp3) is 0.400. The van der Waals surface area contributed by atoms with Gasteiger partial charge >= 0.3 is 0 Å². The van der Waals surface area contributed by atoms with Gasteiger partial charge in [0.2, 0.25) is 5.95 Å². The molecule has 0 amide bonds. The molecule has 22 heavy (non-hydrogen) atoms. The molecule has 3 heterocycles. The molecule has 2 aromatic heterocycles. The summed E-state index contributed by atoms with van der Waals surface area (Å²) in [6, 6.07) is 4.11. The van der Waals surface area contributed by atoms with Crippen LogP contribution in [0.3, 0.4) is 0 Å².